The van der Waals surface area contributed by atoms with E-state index in [1.165, 1.54) is 16.7 Å². The van der Waals surface area contributed by atoms with Crippen LogP contribution in [0.25, 0.3) is 11.3 Å². The normalized spacial score (nSPS) is 11.9. The van der Waals surface area contributed by atoms with Crippen molar-refractivity contribution in [2.45, 2.75) is 46.0 Å². The van der Waals surface area contributed by atoms with E-state index in [0.29, 0.717) is 5.92 Å². The molecule has 0 saturated heterocycles. The fourth-order valence-corrected chi connectivity index (χ4v) is 2.07. The van der Waals surface area contributed by atoms with Gasteiger partial charge in [0.05, 0.1) is 5.69 Å². The van der Waals surface area contributed by atoms with Crippen LogP contribution in [0.3, 0.4) is 0 Å². The average Bonchev–Trinajstić information content (AvgIpc) is 2.38. The van der Waals surface area contributed by atoms with E-state index in [9.17, 15) is 0 Å². The number of pyridine rings is 1. The molecule has 0 atom stereocenters. The van der Waals surface area contributed by atoms with Crippen LogP contribution in [-0.2, 0) is 5.41 Å². The Morgan fingerprint density at radius 2 is 1.74 bits per heavy atom. The van der Waals surface area contributed by atoms with Crippen LogP contribution in [-0.4, -0.2) is 4.98 Å². The van der Waals surface area contributed by atoms with E-state index in [4.69, 9.17) is 0 Å². The first-order valence-electron chi connectivity index (χ1n) is 6.95. The molecule has 2 rings (SSSR count). The summed E-state index contributed by atoms with van der Waals surface area (Å²) in [5.74, 6) is 0.550. The standard InChI is InChI=1S/C18H23N/c1-13(2)14-7-6-8-15(11-14)17-10-9-16(12-19-17)18(3,4)5/h6-13H,1-5H3. The molecule has 0 unspecified atom stereocenters. The highest BCUT2D eigenvalue weighted by atomic mass is 14.7. The molecule has 0 radical (unpaired) electrons. The lowest BCUT2D eigenvalue weighted by Crippen LogP contribution is -2.11. The van der Waals surface area contributed by atoms with Gasteiger partial charge in [-0.1, -0.05) is 58.9 Å². The zero-order valence-electron chi connectivity index (χ0n) is 12.6. The largest absolute Gasteiger partial charge is 0.256 e. The first-order valence-corrected chi connectivity index (χ1v) is 6.95. The summed E-state index contributed by atoms with van der Waals surface area (Å²) in [5, 5.41) is 0. The molecule has 1 aromatic heterocycles. The van der Waals surface area contributed by atoms with Gasteiger partial charge >= 0.3 is 0 Å². The van der Waals surface area contributed by atoms with Gasteiger partial charge in [-0.3, -0.25) is 4.98 Å². The second-order valence-electron chi connectivity index (χ2n) is 6.46. The van der Waals surface area contributed by atoms with Crippen LogP contribution in [0, 0.1) is 0 Å². The van der Waals surface area contributed by atoms with Gasteiger partial charge in [0.25, 0.3) is 0 Å². The van der Waals surface area contributed by atoms with Gasteiger partial charge in [-0.2, -0.15) is 0 Å². The molecule has 0 aliphatic heterocycles. The Morgan fingerprint density at radius 3 is 2.26 bits per heavy atom. The van der Waals surface area contributed by atoms with Crippen molar-refractivity contribution in [1.82, 2.24) is 4.98 Å². The molecule has 1 heteroatoms. The highest BCUT2D eigenvalue weighted by Crippen LogP contribution is 2.25. The van der Waals surface area contributed by atoms with E-state index < -0.39 is 0 Å². The van der Waals surface area contributed by atoms with Crippen molar-refractivity contribution in [1.29, 1.82) is 0 Å². The molecule has 0 amide bonds. The van der Waals surface area contributed by atoms with Crippen molar-refractivity contribution in [3.05, 3.63) is 53.7 Å². The highest BCUT2D eigenvalue weighted by molar-refractivity contribution is 5.60. The minimum Gasteiger partial charge on any atom is -0.256 e. The Labute approximate surface area is 116 Å². The monoisotopic (exact) mass is 253 g/mol. The molecule has 0 aliphatic rings. The Balaban J connectivity index is 2.35. The van der Waals surface area contributed by atoms with Gasteiger partial charge in [-0.15, -0.1) is 0 Å². The second-order valence-corrected chi connectivity index (χ2v) is 6.46. The summed E-state index contributed by atoms with van der Waals surface area (Å²) in [4.78, 5) is 4.62. The van der Waals surface area contributed by atoms with Gasteiger partial charge in [-0.25, -0.2) is 0 Å². The molecule has 0 bridgehead atoms. The summed E-state index contributed by atoms with van der Waals surface area (Å²) in [5.41, 5.74) is 5.04. The van der Waals surface area contributed by atoms with Gasteiger partial charge in [0.1, 0.15) is 0 Å². The van der Waals surface area contributed by atoms with E-state index in [2.05, 4.69) is 76.0 Å². The summed E-state index contributed by atoms with van der Waals surface area (Å²) in [7, 11) is 0. The van der Waals surface area contributed by atoms with Crippen molar-refractivity contribution in [2.24, 2.45) is 0 Å². The fraction of sp³-hybridized carbons (Fsp3) is 0.389. The molecule has 0 aliphatic carbocycles. The zero-order valence-corrected chi connectivity index (χ0v) is 12.6. The van der Waals surface area contributed by atoms with Crippen LogP contribution in [0.1, 0.15) is 51.7 Å². The number of nitrogens with zero attached hydrogens (tertiary/aromatic N) is 1. The maximum absolute atomic E-state index is 4.62. The molecular weight excluding hydrogens is 230 g/mol. The van der Waals surface area contributed by atoms with E-state index in [1.54, 1.807) is 0 Å². The third-order valence-corrected chi connectivity index (χ3v) is 3.48. The molecule has 0 saturated carbocycles. The number of benzene rings is 1. The molecule has 0 fully saturated rings. The number of rotatable bonds is 2. The van der Waals surface area contributed by atoms with Crippen molar-refractivity contribution >= 4 is 0 Å². The first kappa shape index (κ1) is 13.8. The molecule has 1 nitrogen and oxygen atoms in total. The van der Waals surface area contributed by atoms with Gasteiger partial charge in [0, 0.05) is 11.8 Å². The molecule has 100 valence electrons. The molecule has 1 aromatic carbocycles. The Morgan fingerprint density at radius 1 is 1.00 bits per heavy atom. The van der Waals surface area contributed by atoms with Crippen LogP contribution in [0.5, 0.6) is 0 Å². The lowest BCUT2D eigenvalue weighted by Gasteiger charge is -2.18. The van der Waals surface area contributed by atoms with Crippen molar-refractivity contribution in [3.8, 4) is 11.3 Å². The lowest BCUT2D eigenvalue weighted by atomic mass is 9.88. The summed E-state index contributed by atoms with van der Waals surface area (Å²) in [6, 6.07) is 13.0. The van der Waals surface area contributed by atoms with E-state index in [-0.39, 0.29) is 5.41 Å². The van der Waals surface area contributed by atoms with E-state index in [0.717, 1.165) is 5.69 Å². The van der Waals surface area contributed by atoms with Crippen LogP contribution in [0.4, 0.5) is 0 Å². The zero-order chi connectivity index (χ0) is 14.0. The van der Waals surface area contributed by atoms with Crippen molar-refractivity contribution < 1.29 is 0 Å². The summed E-state index contributed by atoms with van der Waals surface area (Å²) in [6.45, 7) is 11.1. The van der Waals surface area contributed by atoms with Gasteiger partial charge < -0.3 is 0 Å². The van der Waals surface area contributed by atoms with Crippen molar-refractivity contribution in [3.63, 3.8) is 0 Å². The minimum absolute atomic E-state index is 0.158. The van der Waals surface area contributed by atoms with Crippen LogP contribution in [0.15, 0.2) is 42.6 Å². The molecular formula is C18H23N. The maximum atomic E-state index is 4.62. The predicted molar refractivity (Wildman–Crippen MR) is 82.5 cm³/mol. The topological polar surface area (TPSA) is 12.9 Å². The Bertz CT molecular complexity index is 545. The Kier molecular flexibility index (Phi) is 3.75. The van der Waals surface area contributed by atoms with E-state index in [1.807, 2.05) is 6.20 Å². The van der Waals surface area contributed by atoms with Crippen LogP contribution in [0.2, 0.25) is 0 Å². The summed E-state index contributed by atoms with van der Waals surface area (Å²) < 4.78 is 0. The van der Waals surface area contributed by atoms with Crippen molar-refractivity contribution in [2.75, 3.05) is 0 Å². The predicted octanol–water partition coefficient (Wildman–Crippen LogP) is 5.17. The molecule has 0 N–H and O–H groups in total. The molecule has 19 heavy (non-hydrogen) atoms. The third kappa shape index (κ3) is 3.23. The lowest BCUT2D eigenvalue weighted by molar-refractivity contribution is 0.587. The molecule has 1 heterocycles. The van der Waals surface area contributed by atoms with Crippen LogP contribution < -0.4 is 0 Å². The van der Waals surface area contributed by atoms with E-state index >= 15 is 0 Å². The maximum Gasteiger partial charge on any atom is 0.0702 e. The van der Waals surface area contributed by atoms with Crippen LogP contribution >= 0.6 is 0 Å². The smallest absolute Gasteiger partial charge is 0.0702 e. The summed E-state index contributed by atoms with van der Waals surface area (Å²) >= 11 is 0. The highest BCUT2D eigenvalue weighted by Gasteiger charge is 2.14. The first-order chi connectivity index (χ1) is 8.88. The van der Waals surface area contributed by atoms with Gasteiger partial charge in [-0.05, 0) is 34.6 Å². The quantitative estimate of drug-likeness (QED) is 0.719. The Hall–Kier alpha value is -1.63. The minimum atomic E-state index is 0.158. The average molecular weight is 253 g/mol. The number of hydrogen-bond donors (Lipinski definition) is 0. The summed E-state index contributed by atoms with van der Waals surface area (Å²) in [6.07, 6.45) is 2.00. The second kappa shape index (κ2) is 5.16. The van der Waals surface area contributed by atoms with Gasteiger partial charge in [0.15, 0.2) is 0 Å². The number of hydrogen-bond acceptors (Lipinski definition) is 1. The van der Waals surface area contributed by atoms with Gasteiger partial charge in [0.2, 0.25) is 0 Å². The fourth-order valence-electron chi connectivity index (χ4n) is 2.07. The third-order valence-electron chi connectivity index (χ3n) is 3.48. The number of aromatic nitrogens is 1. The molecule has 0 spiro atoms. The molecule has 2 aromatic rings. The SMILES string of the molecule is CC(C)c1cccc(-c2ccc(C(C)(C)C)cn2)c1.